The molecule has 1 aromatic heterocycles. The van der Waals surface area contributed by atoms with E-state index < -0.39 is 0 Å². The van der Waals surface area contributed by atoms with E-state index in [0.29, 0.717) is 10.6 Å². The molecule has 1 aromatic rings. The number of oxime groups is 1. The van der Waals surface area contributed by atoms with Gasteiger partial charge in [0.25, 0.3) is 0 Å². The standard InChI is InChI=1S/C7H6N2OS/c1-5(9-10)7-3-2-6(4-8)11-7/h2-3,10H,1H3/b9-5+. The highest BCUT2D eigenvalue weighted by Gasteiger charge is 2.01. The van der Waals surface area contributed by atoms with Crippen LogP contribution in [0, 0.1) is 11.3 Å². The predicted molar refractivity (Wildman–Crippen MR) is 43.0 cm³/mol. The number of hydrogen-bond acceptors (Lipinski definition) is 4. The zero-order valence-electron chi connectivity index (χ0n) is 5.90. The zero-order chi connectivity index (χ0) is 8.27. The van der Waals surface area contributed by atoms with E-state index in [0.717, 1.165) is 4.88 Å². The Hall–Kier alpha value is -1.34. The van der Waals surface area contributed by atoms with Crippen molar-refractivity contribution in [2.24, 2.45) is 5.16 Å². The molecule has 1 rings (SSSR count). The highest BCUT2D eigenvalue weighted by atomic mass is 32.1. The van der Waals surface area contributed by atoms with Gasteiger partial charge in [0, 0.05) is 0 Å². The topological polar surface area (TPSA) is 56.4 Å². The van der Waals surface area contributed by atoms with E-state index in [9.17, 15) is 0 Å². The van der Waals surface area contributed by atoms with E-state index in [4.69, 9.17) is 10.5 Å². The molecule has 0 aromatic carbocycles. The van der Waals surface area contributed by atoms with Crippen molar-refractivity contribution < 1.29 is 5.21 Å². The van der Waals surface area contributed by atoms with Crippen LogP contribution in [0.4, 0.5) is 0 Å². The molecule has 0 amide bonds. The second kappa shape index (κ2) is 3.17. The van der Waals surface area contributed by atoms with Crippen molar-refractivity contribution in [3.63, 3.8) is 0 Å². The van der Waals surface area contributed by atoms with Crippen LogP contribution in [0.15, 0.2) is 17.3 Å². The first kappa shape index (κ1) is 7.76. The fourth-order valence-electron chi connectivity index (χ4n) is 0.642. The zero-order valence-corrected chi connectivity index (χ0v) is 6.72. The summed E-state index contributed by atoms with van der Waals surface area (Å²) in [6, 6.07) is 5.47. The Morgan fingerprint density at radius 2 is 2.45 bits per heavy atom. The van der Waals surface area contributed by atoms with Crippen molar-refractivity contribution in [1.29, 1.82) is 5.26 Å². The van der Waals surface area contributed by atoms with Crippen molar-refractivity contribution in [2.45, 2.75) is 6.92 Å². The highest BCUT2D eigenvalue weighted by molar-refractivity contribution is 7.14. The van der Waals surface area contributed by atoms with Crippen molar-refractivity contribution in [3.8, 4) is 6.07 Å². The third-order valence-corrected chi connectivity index (χ3v) is 2.32. The van der Waals surface area contributed by atoms with Crippen molar-refractivity contribution in [1.82, 2.24) is 0 Å². The number of thiophene rings is 1. The first-order chi connectivity index (χ1) is 5.27. The van der Waals surface area contributed by atoms with Crippen LogP contribution < -0.4 is 0 Å². The molecule has 56 valence electrons. The minimum Gasteiger partial charge on any atom is -0.411 e. The molecule has 11 heavy (non-hydrogen) atoms. The monoisotopic (exact) mass is 166 g/mol. The summed E-state index contributed by atoms with van der Waals surface area (Å²) in [7, 11) is 0. The molecule has 1 N–H and O–H groups in total. The summed E-state index contributed by atoms with van der Waals surface area (Å²) in [5.41, 5.74) is 0.538. The molecule has 0 aliphatic carbocycles. The Kier molecular flexibility index (Phi) is 2.24. The minimum atomic E-state index is 0.538. The Labute approximate surface area is 68.2 Å². The smallest absolute Gasteiger partial charge is 0.110 e. The maximum absolute atomic E-state index is 8.46. The van der Waals surface area contributed by atoms with Gasteiger partial charge < -0.3 is 5.21 Å². The average molecular weight is 166 g/mol. The van der Waals surface area contributed by atoms with Crippen LogP contribution >= 0.6 is 11.3 Å². The van der Waals surface area contributed by atoms with Crippen LogP contribution in [0.25, 0.3) is 0 Å². The molecule has 0 fully saturated rings. The van der Waals surface area contributed by atoms with Crippen molar-refractivity contribution in [2.75, 3.05) is 0 Å². The van der Waals surface area contributed by atoms with Crippen LogP contribution in [0.5, 0.6) is 0 Å². The first-order valence-electron chi connectivity index (χ1n) is 2.97. The highest BCUT2D eigenvalue weighted by Crippen LogP contribution is 2.15. The molecule has 0 radical (unpaired) electrons. The van der Waals surface area contributed by atoms with Gasteiger partial charge in [-0.3, -0.25) is 0 Å². The number of hydrogen-bond donors (Lipinski definition) is 1. The predicted octanol–water partition coefficient (Wildman–Crippen LogP) is 1.82. The Morgan fingerprint density at radius 3 is 2.91 bits per heavy atom. The summed E-state index contributed by atoms with van der Waals surface area (Å²) in [5, 5.41) is 19.9. The van der Waals surface area contributed by atoms with E-state index in [-0.39, 0.29) is 0 Å². The fraction of sp³-hybridized carbons (Fsp3) is 0.143. The molecule has 0 saturated carbocycles. The van der Waals surface area contributed by atoms with E-state index in [1.165, 1.54) is 11.3 Å². The Morgan fingerprint density at radius 1 is 1.73 bits per heavy atom. The molecule has 4 heteroatoms. The van der Waals surface area contributed by atoms with E-state index >= 15 is 0 Å². The van der Waals surface area contributed by atoms with Gasteiger partial charge in [0.2, 0.25) is 0 Å². The first-order valence-corrected chi connectivity index (χ1v) is 3.78. The molecule has 0 atom stereocenters. The number of nitrogens with zero attached hydrogens (tertiary/aromatic N) is 2. The fourth-order valence-corrected chi connectivity index (χ4v) is 1.38. The summed E-state index contributed by atoms with van der Waals surface area (Å²) in [4.78, 5) is 1.45. The van der Waals surface area contributed by atoms with Crippen molar-refractivity contribution in [3.05, 3.63) is 21.9 Å². The third kappa shape index (κ3) is 1.57. The van der Waals surface area contributed by atoms with E-state index in [1.54, 1.807) is 19.1 Å². The van der Waals surface area contributed by atoms with Gasteiger partial charge >= 0.3 is 0 Å². The lowest BCUT2D eigenvalue weighted by Crippen LogP contribution is -1.87. The SMILES string of the molecule is C/C(=N\O)c1ccc(C#N)s1. The summed E-state index contributed by atoms with van der Waals surface area (Å²) in [6.45, 7) is 1.69. The maximum atomic E-state index is 8.46. The minimum absolute atomic E-state index is 0.538. The Balaban J connectivity index is 3.00. The van der Waals surface area contributed by atoms with Gasteiger partial charge in [-0.1, -0.05) is 5.16 Å². The lowest BCUT2D eigenvalue weighted by molar-refractivity contribution is 0.319. The quantitative estimate of drug-likeness (QED) is 0.393. The average Bonchev–Trinajstić information content (AvgIpc) is 2.50. The molecular weight excluding hydrogens is 160 g/mol. The van der Waals surface area contributed by atoms with Gasteiger partial charge in [0.05, 0.1) is 10.6 Å². The largest absolute Gasteiger partial charge is 0.411 e. The molecule has 0 aliphatic heterocycles. The van der Waals surface area contributed by atoms with Crippen LogP contribution in [-0.2, 0) is 0 Å². The van der Waals surface area contributed by atoms with Crippen LogP contribution in [-0.4, -0.2) is 10.9 Å². The number of rotatable bonds is 1. The van der Waals surface area contributed by atoms with Crippen molar-refractivity contribution >= 4 is 17.0 Å². The molecule has 3 nitrogen and oxygen atoms in total. The van der Waals surface area contributed by atoms with Gasteiger partial charge in [0.15, 0.2) is 0 Å². The van der Waals surface area contributed by atoms with Crippen LogP contribution in [0.1, 0.15) is 16.7 Å². The normalized spacial score (nSPS) is 11.1. The number of nitriles is 1. The molecule has 0 aliphatic rings. The molecule has 0 spiro atoms. The summed E-state index contributed by atoms with van der Waals surface area (Å²) in [5.74, 6) is 0. The maximum Gasteiger partial charge on any atom is 0.110 e. The van der Waals surface area contributed by atoms with Gasteiger partial charge in [-0.05, 0) is 19.1 Å². The summed E-state index contributed by atoms with van der Waals surface area (Å²) >= 11 is 1.31. The van der Waals surface area contributed by atoms with Gasteiger partial charge in [-0.25, -0.2) is 0 Å². The van der Waals surface area contributed by atoms with Gasteiger partial charge in [0.1, 0.15) is 10.9 Å². The van der Waals surface area contributed by atoms with E-state index in [2.05, 4.69) is 5.16 Å². The molecule has 0 saturated heterocycles. The second-order valence-corrected chi connectivity index (χ2v) is 3.04. The lowest BCUT2D eigenvalue weighted by atomic mass is 10.3. The molecule has 0 bridgehead atoms. The second-order valence-electron chi connectivity index (χ2n) is 1.96. The molecule has 1 heterocycles. The van der Waals surface area contributed by atoms with Crippen LogP contribution in [0.2, 0.25) is 0 Å². The lowest BCUT2D eigenvalue weighted by Gasteiger charge is -1.87. The molecular formula is C7H6N2OS. The third-order valence-electron chi connectivity index (χ3n) is 1.22. The van der Waals surface area contributed by atoms with Gasteiger partial charge in [-0.15, -0.1) is 11.3 Å². The van der Waals surface area contributed by atoms with Gasteiger partial charge in [-0.2, -0.15) is 5.26 Å². The Bertz CT molecular complexity index is 321. The van der Waals surface area contributed by atoms with Crippen LogP contribution in [0.3, 0.4) is 0 Å². The molecule has 0 unspecified atom stereocenters. The van der Waals surface area contributed by atoms with E-state index in [1.807, 2.05) is 6.07 Å². The summed E-state index contributed by atoms with van der Waals surface area (Å²) < 4.78 is 0. The summed E-state index contributed by atoms with van der Waals surface area (Å²) in [6.07, 6.45) is 0.